The lowest BCUT2D eigenvalue weighted by Gasteiger charge is -2.23. The summed E-state index contributed by atoms with van der Waals surface area (Å²) in [6.45, 7) is 0.517. The number of carbonyl (C=O) groups excluding carboxylic acids is 1. The molecule has 0 bridgehead atoms. The number of hydrogen-bond acceptors (Lipinski definition) is 4. The Balaban J connectivity index is 1.65. The van der Waals surface area contributed by atoms with Crippen molar-refractivity contribution in [3.05, 3.63) is 69.7 Å². The summed E-state index contributed by atoms with van der Waals surface area (Å²) >= 11 is 12.5. The second kappa shape index (κ2) is 9.97. The van der Waals surface area contributed by atoms with Crippen LogP contribution in [0.3, 0.4) is 0 Å². The third-order valence-electron chi connectivity index (χ3n) is 4.43. The van der Waals surface area contributed by atoms with E-state index in [-0.39, 0.29) is 6.42 Å². The first kappa shape index (κ1) is 20.7. The predicted octanol–water partition coefficient (Wildman–Crippen LogP) is 5.08. The molecule has 3 rings (SSSR count). The third-order valence-corrected chi connectivity index (χ3v) is 4.96. The molecule has 1 aliphatic heterocycles. The van der Waals surface area contributed by atoms with Crippen molar-refractivity contribution in [2.24, 2.45) is 0 Å². The van der Waals surface area contributed by atoms with E-state index in [2.05, 4.69) is 12.1 Å². The smallest absolute Gasteiger partial charge is 0.309 e. The number of aliphatic hydroxyl groups excluding tert-OH is 1. The van der Waals surface area contributed by atoms with Gasteiger partial charge in [-0.15, -0.1) is 0 Å². The van der Waals surface area contributed by atoms with Gasteiger partial charge in [-0.25, -0.2) is 0 Å². The Morgan fingerprint density at radius 2 is 2.00 bits per heavy atom. The number of hydrogen-bond donors (Lipinski definition) is 1. The lowest BCUT2D eigenvalue weighted by atomic mass is 10.0. The molecule has 1 fully saturated rings. The Labute approximate surface area is 174 Å². The fraction of sp³-hybridized carbons (Fsp3) is 0.318. The van der Waals surface area contributed by atoms with E-state index < -0.39 is 18.2 Å². The molecule has 2 aromatic carbocycles. The molecule has 0 radical (unpaired) electrons. The zero-order valence-corrected chi connectivity index (χ0v) is 16.8. The maximum Gasteiger partial charge on any atom is 0.309 e. The molecule has 0 saturated carbocycles. The van der Waals surface area contributed by atoms with Gasteiger partial charge in [-0.2, -0.15) is 0 Å². The van der Waals surface area contributed by atoms with Crippen molar-refractivity contribution in [3.8, 4) is 5.75 Å². The van der Waals surface area contributed by atoms with E-state index in [4.69, 9.17) is 32.7 Å². The van der Waals surface area contributed by atoms with Gasteiger partial charge in [-0.1, -0.05) is 59.6 Å². The highest BCUT2D eigenvalue weighted by Gasteiger charge is 2.25. The molecule has 4 nitrogen and oxygen atoms in total. The molecule has 6 heteroatoms. The second-order valence-corrected chi connectivity index (χ2v) is 7.56. The monoisotopic (exact) mass is 420 g/mol. The number of halogens is 2. The van der Waals surface area contributed by atoms with Gasteiger partial charge in [0.05, 0.1) is 24.2 Å². The van der Waals surface area contributed by atoms with Gasteiger partial charge < -0.3 is 14.6 Å². The van der Waals surface area contributed by atoms with E-state index in [1.54, 1.807) is 24.3 Å². The van der Waals surface area contributed by atoms with Crippen LogP contribution in [0.2, 0.25) is 10.0 Å². The van der Waals surface area contributed by atoms with Crippen molar-refractivity contribution < 1.29 is 19.4 Å². The molecule has 0 aliphatic carbocycles. The molecule has 2 atom stereocenters. The molecule has 1 aliphatic rings. The van der Waals surface area contributed by atoms with Crippen LogP contribution in [0.1, 0.15) is 30.4 Å². The van der Waals surface area contributed by atoms with Gasteiger partial charge in [0.25, 0.3) is 0 Å². The van der Waals surface area contributed by atoms with E-state index in [1.807, 2.05) is 18.2 Å². The van der Waals surface area contributed by atoms with Crippen molar-refractivity contribution in [1.82, 2.24) is 0 Å². The first-order chi connectivity index (χ1) is 13.5. The van der Waals surface area contributed by atoms with Gasteiger partial charge in [0.2, 0.25) is 0 Å². The summed E-state index contributed by atoms with van der Waals surface area (Å²) in [6.07, 6.45) is 4.44. The third kappa shape index (κ3) is 5.99. The van der Waals surface area contributed by atoms with Crippen LogP contribution in [-0.4, -0.2) is 29.9 Å². The van der Waals surface area contributed by atoms with Gasteiger partial charge in [-0.3, -0.25) is 4.79 Å². The Bertz CT molecular complexity index is 836. The molecular formula is C22H22Cl2O4. The van der Waals surface area contributed by atoms with Crippen LogP contribution in [0.5, 0.6) is 5.75 Å². The lowest BCUT2D eigenvalue weighted by molar-refractivity contribution is -0.156. The Hall–Kier alpha value is -2.01. The molecule has 0 aromatic heterocycles. The molecule has 1 heterocycles. The van der Waals surface area contributed by atoms with Gasteiger partial charge in [0.1, 0.15) is 11.9 Å². The largest absolute Gasteiger partial charge is 0.493 e. The molecule has 0 unspecified atom stereocenters. The van der Waals surface area contributed by atoms with Crippen LogP contribution in [0.15, 0.2) is 48.5 Å². The normalized spacial score (nSPS) is 19.6. The first-order valence-corrected chi connectivity index (χ1v) is 9.98. The van der Waals surface area contributed by atoms with Crippen molar-refractivity contribution in [3.63, 3.8) is 0 Å². The summed E-state index contributed by atoms with van der Waals surface area (Å²) in [4.78, 5) is 11.5. The average Bonchev–Trinajstić information content (AvgIpc) is 2.64. The van der Waals surface area contributed by atoms with Crippen molar-refractivity contribution in [2.45, 2.75) is 37.9 Å². The number of esters is 1. The zero-order chi connectivity index (χ0) is 19.9. The summed E-state index contributed by atoms with van der Waals surface area (Å²) < 4.78 is 11.2. The molecule has 0 spiro atoms. The number of ether oxygens (including phenoxy) is 2. The fourth-order valence-corrected chi connectivity index (χ4v) is 3.61. The van der Waals surface area contributed by atoms with Crippen LogP contribution in [0, 0.1) is 0 Å². The Kier molecular flexibility index (Phi) is 7.37. The summed E-state index contributed by atoms with van der Waals surface area (Å²) in [5.74, 6) is 0.164. The summed E-state index contributed by atoms with van der Waals surface area (Å²) in [7, 11) is 0. The van der Waals surface area contributed by atoms with E-state index in [0.717, 1.165) is 12.8 Å². The van der Waals surface area contributed by atoms with Gasteiger partial charge in [-0.05, 0) is 36.6 Å². The minimum Gasteiger partial charge on any atom is -0.493 e. The van der Waals surface area contributed by atoms with Crippen LogP contribution in [0.4, 0.5) is 0 Å². The maximum atomic E-state index is 11.5. The number of benzene rings is 2. The highest BCUT2D eigenvalue weighted by molar-refractivity contribution is 6.35. The molecule has 1 N–H and O–H groups in total. The lowest BCUT2D eigenvalue weighted by Crippen LogP contribution is -2.31. The van der Waals surface area contributed by atoms with Gasteiger partial charge in [0.15, 0.2) is 0 Å². The van der Waals surface area contributed by atoms with E-state index in [0.29, 0.717) is 34.4 Å². The molecule has 28 heavy (non-hydrogen) atoms. The Morgan fingerprint density at radius 3 is 2.75 bits per heavy atom. The average molecular weight is 421 g/mol. The maximum absolute atomic E-state index is 11.5. The summed E-state index contributed by atoms with van der Waals surface area (Å²) in [5.41, 5.74) is 1.93. The predicted molar refractivity (Wildman–Crippen MR) is 111 cm³/mol. The minimum atomic E-state index is -0.690. The second-order valence-electron chi connectivity index (χ2n) is 6.72. The van der Waals surface area contributed by atoms with Crippen LogP contribution in [-0.2, 0) is 16.0 Å². The number of rotatable bonds is 7. The summed E-state index contributed by atoms with van der Waals surface area (Å²) in [6, 6.07) is 13.6. The van der Waals surface area contributed by atoms with Crippen molar-refractivity contribution >= 4 is 35.2 Å². The number of aliphatic hydroxyl groups is 1. The summed E-state index contributed by atoms with van der Waals surface area (Å²) in [5, 5.41) is 10.7. The molecule has 148 valence electrons. The van der Waals surface area contributed by atoms with Crippen LogP contribution >= 0.6 is 23.2 Å². The quantitative estimate of drug-likeness (QED) is 0.500. The standard InChI is InChI=1S/C22H22Cl2O4/c23-16-11-20(24)19(9-8-18-13-17(25)14-22(26)28-18)21(12-16)27-10-4-7-15-5-2-1-3-6-15/h1-3,5-6,8-9,11-12,17-18,25H,4,7,10,13-14H2/b9-8+/t17-,18-/m1/s1. The number of cyclic esters (lactones) is 1. The van der Waals surface area contributed by atoms with Crippen LogP contribution in [0.25, 0.3) is 6.08 Å². The molecular weight excluding hydrogens is 399 g/mol. The number of aryl methyl sites for hydroxylation is 1. The van der Waals surface area contributed by atoms with Gasteiger partial charge in [0, 0.05) is 17.0 Å². The van der Waals surface area contributed by atoms with E-state index >= 15 is 0 Å². The topological polar surface area (TPSA) is 55.8 Å². The van der Waals surface area contributed by atoms with Crippen molar-refractivity contribution in [1.29, 1.82) is 0 Å². The van der Waals surface area contributed by atoms with E-state index in [9.17, 15) is 9.90 Å². The fourth-order valence-electron chi connectivity index (χ4n) is 3.08. The Morgan fingerprint density at radius 1 is 1.21 bits per heavy atom. The zero-order valence-electron chi connectivity index (χ0n) is 15.3. The van der Waals surface area contributed by atoms with E-state index in [1.165, 1.54) is 5.56 Å². The molecule has 0 amide bonds. The number of carbonyl (C=O) groups is 1. The molecule has 1 saturated heterocycles. The van der Waals surface area contributed by atoms with Crippen molar-refractivity contribution in [2.75, 3.05) is 6.61 Å². The first-order valence-electron chi connectivity index (χ1n) is 9.23. The molecule has 2 aromatic rings. The van der Waals surface area contributed by atoms with Gasteiger partial charge >= 0.3 is 5.97 Å². The van der Waals surface area contributed by atoms with Crippen LogP contribution < -0.4 is 4.74 Å². The highest BCUT2D eigenvalue weighted by Crippen LogP contribution is 2.33. The minimum absolute atomic E-state index is 0.0296. The SMILES string of the molecule is O=C1C[C@H](O)C[C@@H](/C=C/c2c(Cl)cc(Cl)cc2OCCCc2ccccc2)O1. The highest BCUT2D eigenvalue weighted by atomic mass is 35.5.